The number of halogens is 2. The van der Waals surface area contributed by atoms with E-state index in [9.17, 15) is 14.0 Å². The summed E-state index contributed by atoms with van der Waals surface area (Å²) in [5.41, 5.74) is 2.24. The van der Waals surface area contributed by atoms with Crippen LogP contribution in [0.25, 0.3) is 0 Å². The third-order valence-electron chi connectivity index (χ3n) is 5.56. The van der Waals surface area contributed by atoms with Gasteiger partial charge in [-0.1, -0.05) is 85.3 Å². The highest BCUT2D eigenvalue weighted by Crippen LogP contribution is 2.23. The smallest absolute Gasteiger partial charge is 0.243 e. The first-order valence-electron chi connectivity index (χ1n) is 11.6. The van der Waals surface area contributed by atoms with E-state index in [0.29, 0.717) is 29.3 Å². The van der Waals surface area contributed by atoms with Gasteiger partial charge in [0.2, 0.25) is 11.8 Å². The molecule has 4 nitrogen and oxygen atoms in total. The summed E-state index contributed by atoms with van der Waals surface area (Å²) in [6.07, 6.45) is 1.12. The van der Waals surface area contributed by atoms with Crippen LogP contribution >= 0.6 is 23.4 Å². The minimum absolute atomic E-state index is 0.00913. The van der Waals surface area contributed by atoms with Gasteiger partial charge in [-0.05, 0) is 29.7 Å². The Hall–Kier alpha value is -2.83. The Bertz CT molecular complexity index is 1110. The molecule has 1 atom stereocenters. The molecule has 184 valence electrons. The first-order valence-corrected chi connectivity index (χ1v) is 13.2. The van der Waals surface area contributed by atoms with Gasteiger partial charge in [0.25, 0.3) is 0 Å². The number of amides is 2. The third-order valence-corrected chi connectivity index (χ3v) is 6.89. The fourth-order valence-electron chi connectivity index (χ4n) is 3.68. The zero-order valence-corrected chi connectivity index (χ0v) is 21.3. The van der Waals surface area contributed by atoms with Gasteiger partial charge in [-0.25, -0.2) is 4.39 Å². The van der Waals surface area contributed by atoms with Crippen LogP contribution in [0.4, 0.5) is 4.39 Å². The minimum Gasteiger partial charge on any atom is -0.354 e. The Morgan fingerprint density at radius 2 is 1.63 bits per heavy atom. The van der Waals surface area contributed by atoms with Crippen molar-refractivity contribution in [2.24, 2.45) is 0 Å². The van der Waals surface area contributed by atoms with E-state index in [4.69, 9.17) is 11.6 Å². The van der Waals surface area contributed by atoms with E-state index in [0.717, 1.165) is 17.5 Å². The van der Waals surface area contributed by atoms with Crippen molar-refractivity contribution in [2.45, 2.75) is 38.1 Å². The summed E-state index contributed by atoms with van der Waals surface area (Å²) in [7, 11) is 0. The molecule has 0 bridgehead atoms. The van der Waals surface area contributed by atoms with E-state index in [1.165, 1.54) is 22.7 Å². The Labute approximate surface area is 215 Å². The summed E-state index contributed by atoms with van der Waals surface area (Å²) in [5.74, 6) is -0.160. The molecule has 0 radical (unpaired) electrons. The summed E-state index contributed by atoms with van der Waals surface area (Å²) in [6, 6.07) is 22.7. The van der Waals surface area contributed by atoms with Crippen LogP contribution < -0.4 is 5.32 Å². The first-order chi connectivity index (χ1) is 17.0. The maximum absolute atomic E-state index is 14.6. The maximum atomic E-state index is 14.6. The van der Waals surface area contributed by atoms with Crippen molar-refractivity contribution in [2.75, 3.05) is 12.3 Å². The largest absolute Gasteiger partial charge is 0.354 e. The quantitative estimate of drug-likeness (QED) is 0.330. The first kappa shape index (κ1) is 26.8. The number of thioether (sulfide) groups is 1. The van der Waals surface area contributed by atoms with Gasteiger partial charge >= 0.3 is 0 Å². The Balaban J connectivity index is 1.85. The maximum Gasteiger partial charge on any atom is 0.243 e. The highest BCUT2D eigenvalue weighted by atomic mass is 35.5. The molecule has 0 unspecified atom stereocenters. The summed E-state index contributed by atoms with van der Waals surface area (Å²) in [4.78, 5) is 28.3. The molecule has 0 fully saturated rings. The van der Waals surface area contributed by atoms with Crippen molar-refractivity contribution in [3.63, 3.8) is 0 Å². The molecule has 0 heterocycles. The predicted molar refractivity (Wildman–Crippen MR) is 142 cm³/mol. The average molecular weight is 513 g/mol. The fraction of sp³-hybridized carbons (Fsp3) is 0.286. The summed E-state index contributed by atoms with van der Waals surface area (Å²) < 4.78 is 14.6. The van der Waals surface area contributed by atoms with E-state index in [1.807, 2.05) is 61.5 Å². The lowest BCUT2D eigenvalue weighted by Crippen LogP contribution is -2.51. The highest BCUT2D eigenvalue weighted by molar-refractivity contribution is 7.99. The van der Waals surface area contributed by atoms with E-state index < -0.39 is 11.9 Å². The van der Waals surface area contributed by atoms with Crippen molar-refractivity contribution in [1.29, 1.82) is 0 Å². The molecule has 7 heteroatoms. The second-order valence-corrected chi connectivity index (χ2v) is 9.59. The van der Waals surface area contributed by atoms with Crippen LogP contribution in [-0.2, 0) is 28.3 Å². The van der Waals surface area contributed by atoms with Crippen LogP contribution in [0, 0.1) is 5.82 Å². The van der Waals surface area contributed by atoms with Crippen molar-refractivity contribution < 1.29 is 14.0 Å². The molecule has 0 aliphatic rings. The number of carbonyl (C=O) groups excluding carboxylic acids is 2. The lowest BCUT2D eigenvalue weighted by Gasteiger charge is -2.31. The predicted octanol–water partition coefficient (Wildman–Crippen LogP) is 5.88. The van der Waals surface area contributed by atoms with Crippen molar-refractivity contribution in [3.05, 3.63) is 106 Å². The van der Waals surface area contributed by atoms with Crippen LogP contribution in [0.5, 0.6) is 0 Å². The third kappa shape index (κ3) is 8.11. The lowest BCUT2D eigenvalue weighted by molar-refractivity contribution is -0.139. The number of rotatable bonds is 12. The average Bonchev–Trinajstić information content (AvgIpc) is 2.87. The standard InChI is InChI=1S/C28H30ClFN2O2S/c1-2-16-31-28(34)26(17-21-10-4-3-5-11-21)32(18-22-12-7-9-15-25(22)30)27(33)20-35-19-23-13-6-8-14-24(23)29/h3-15,26H,2,16-20H2,1H3,(H,31,34)/t26-/m1/s1. The van der Waals surface area contributed by atoms with Gasteiger partial charge in [0.05, 0.1) is 5.75 Å². The van der Waals surface area contributed by atoms with Crippen LogP contribution in [0.15, 0.2) is 78.9 Å². The van der Waals surface area contributed by atoms with E-state index in [1.54, 1.807) is 18.2 Å². The molecule has 3 rings (SSSR count). The Morgan fingerprint density at radius 3 is 2.31 bits per heavy atom. The molecular formula is C28H30ClFN2O2S. The number of carbonyl (C=O) groups is 2. The van der Waals surface area contributed by atoms with Crippen molar-refractivity contribution in [3.8, 4) is 0 Å². The van der Waals surface area contributed by atoms with Gasteiger partial charge in [-0.2, -0.15) is 0 Å². The SMILES string of the molecule is CCCNC(=O)[C@@H](Cc1ccccc1)N(Cc1ccccc1F)C(=O)CSCc1ccccc1Cl. The zero-order valence-electron chi connectivity index (χ0n) is 19.8. The van der Waals surface area contributed by atoms with Crippen molar-refractivity contribution >= 4 is 35.2 Å². The topological polar surface area (TPSA) is 49.4 Å². The van der Waals surface area contributed by atoms with E-state index >= 15 is 0 Å². The highest BCUT2D eigenvalue weighted by Gasteiger charge is 2.30. The molecular weight excluding hydrogens is 483 g/mol. The van der Waals surface area contributed by atoms with Gasteiger partial charge in [0.1, 0.15) is 11.9 Å². The molecule has 0 spiro atoms. The summed E-state index contributed by atoms with van der Waals surface area (Å²) in [6.45, 7) is 2.49. The molecule has 35 heavy (non-hydrogen) atoms. The zero-order chi connectivity index (χ0) is 25.0. The van der Waals surface area contributed by atoms with Gasteiger partial charge < -0.3 is 10.2 Å². The molecule has 1 N–H and O–H groups in total. The van der Waals surface area contributed by atoms with Crippen LogP contribution in [0.1, 0.15) is 30.0 Å². The molecule has 3 aromatic rings. The van der Waals surface area contributed by atoms with Gasteiger partial charge in [-0.15, -0.1) is 11.8 Å². The second kappa shape index (κ2) is 13.9. The van der Waals surface area contributed by atoms with E-state index in [2.05, 4.69) is 5.32 Å². The number of hydrogen-bond acceptors (Lipinski definition) is 3. The van der Waals surface area contributed by atoms with Gasteiger partial charge in [-0.3, -0.25) is 9.59 Å². The normalized spacial score (nSPS) is 11.6. The second-order valence-electron chi connectivity index (χ2n) is 8.19. The molecule has 0 aliphatic heterocycles. The minimum atomic E-state index is -0.767. The fourth-order valence-corrected chi connectivity index (χ4v) is 4.87. The summed E-state index contributed by atoms with van der Waals surface area (Å²) >= 11 is 7.68. The molecule has 0 saturated carbocycles. The van der Waals surface area contributed by atoms with Crippen LogP contribution in [0.2, 0.25) is 5.02 Å². The van der Waals surface area contributed by atoms with Gasteiger partial charge in [0, 0.05) is 35.8 Å². The molecule has 3 aromatic carbocycles. The number of nitrogens with one attached hydrogen (secondary N) is 1. The number of nitrogens with zero attached hydrogens (tertiary/aromatic N) is 1. The monoisotopic (exact) mass is 512 g/mol. The van der Waals surface area contributed by atoms with Crippen LogP contribution in [-0.4, -0.2) is 35.1 Å². The Morgan fingerprint density at radius 1 is 0.971 bits per heavy atom. The molecule has 0 saturated heterocycles. The number of hydrogen-bond donors (Lipinski definition) is 1. The molecule has 0 aromatic heterocycles. The van der Waals surface area contributed by atoms with Gasteiger partial charge in [0.15, 0.2) is 0 Å². The lowest BCUT2D eigenvalue weighted by atomic mass is 10.0. The van der Waals surface area contributed by atoms with Crippen LogP contribution in [0.3, 0.4) is 0 Å². The summed E-state index contributed by atoms with van der Waals surface area (Å²) in [5, 5.41) is 3.58. The molecule has 2 amide bonds. The van der Waals surface area contributed by atoms with Crippen molar-refractivity contribution in [1.82, 2.24) is 10.2 Å². The number of benzene rings is 3. The van der Waals surface area contributed by atoms with E-state index in [-0.39, 0.29) is 24.1 Å². The molecule has 0 aliphatic carbocycles. The Kier molecular flexibility index (Phi) is 10.6.